The number of hydrogen-bond acceptors (Lipinski definition) is 2. The highest BCUT2D eigenvalue weighted by atomic mass is 28.3. The quantitative estimate of drug-likeness (QED) is 0.756. The van der Waals surface area contributed by atoms with E-state index >= 15 is 0 Å². The lowest BCUT2D eigenvalue weighted by Gasteiger charge is -2.22. The molecule has 0 atom stereocenters. The van der Waals surface area contributed by atoms with Crippen LogP contribution in [0.2, 0.25) is 19.6 Å². The van der Waals surface area contributed by atoms with Crippen LogP contribution in [-0.2, 0) is 0 Å². The molecule has 2 nitrogen and oxygen atoms in total. The number of rotatable bonds is 4. The maximum Gasteiger partial charge on any atom is 0.167 e. The molecule has 1 rings (SSSR count). The van der Waals surface area contributed by atoms with E-state index in [1.165, 1.54) is 7.11 Å². The van der Waals surface area contributed by atoms with Gasteiger partial charge in [-0.25, -0.2) is 4.39 Å². The topological polar surface area (TPSA) is 18.5 Å². The highest BCUT2D eigenvalue weighted by Gasteiger charge is 2.27. The second-order valence-electron chi connectivity index (χ2n) is 4.64. The molecule has 0 aliphatic heterocycles. The molecular weight excluding hydrogens is 223 g/mol. The summed E-state index contributed by atoms with van der Waals surface area (Å²) >= 11 is 0. The van der Waals surface area contributed by atoms with Crippen molar-refractivity contribution in [2.24, 2.45) is 0 Å². The van der Waals surface area contributed by atoms with Crippen LogP contribution in [0, 0.1) is 5.82 Å². The standard InChI is InChI=1S/C12H19FO2Si/c1-6-15-10-8-7-9(14-2)11(13)12(10)16(3,4)5/h7-8H,6H2,1-5H3. The lowest BCUT2D eigenvalue weighted by atomic mass is 10.3. The average Bonchev–Trinajstić information content (AvgIpc) is 2.16. The van der Waals surface area contributed by atoms with Crippen LogP contribution in [0.1, 0.15) is 6.92 Å². The number of halogens is 1. The molecule has 16 heavy (non-hydrogen) atoms. The summed E-state index contributed by atoms with van der Waals surface area (Å²) in [5.74, 6) is 0.675. The number of ether oxygens (including phenoxy) is 2. The summed E-state index contributed by atoms with van der Waals surface area (Å²) in [7, 11) is -0.308. The van der Waals surface area contributed by atoms with Gasteiger partial charge in [0.15, 0.2) is 11.6 Å². The Bertz CT molecular complexity index is 372. The predicted molar refractivity (Wildman–Crippen MR) is 67.1 cm³/mol. The Balaban J connectivity index is 3.37. The summed E-state index contributed by atoms with van der Waals surface area (Å²) in [5, 5.41) is 0.703. The summed E-state index contributed by atoms with van der Waals surface area (Å²) in [5.41, 5.74) is 0. The number of methoxy groups -OCH3 is 1. The lowest BCUT2D eigenvalue weighted by Crippen LogP contribution is -2.41. The zero-order valence-electron chi connectivity index (χ0n) is 10.6. The number of hydrogen-bond donors (Lipinski definition) is 0. The first kappa shape index (κ1) is 13.0. The maximum absolute atomic E-state index is 14.2. The maximum atomic E-state index is 14.2. The van der Waals surface area contributed by atoms with Crippen LogP contribution in [0.25, 0.3) is 0 Å². The summed E-state index contributed by atoms with van der Waals surface area (Å²) in [6.07, 6.45) is 0. The first-order valence-corrected chi connectivity index (χ1v) is 8.91. The van der Waals surface area contributed by atoms with Crippen LogP contribution in [0.3, 0.4) is 0 Å². The Morgan fingerprint density at radius 3 is 2.19 bits per heavy atom. The Morgan fingerprint density at radius 1 is 1.19 bits per heavy atom. The first-order chi connectivity index (χ1) is 7.41. The van der Waals surface area contributed by atoms with Gasteiger partial charge in [-0.15, -0.1) is 0 Å². The number of benzene rings is 1. The van der Waals surface area contributed by atoms with E-state index in [-0.39, 0.29) is 5.82 Å². The molecule has 0 amide bonds. The minimum Gasteiger partial charge on any atom is -0.494 e. The molecule has 4 heteroatoms. The van der Waals surface area contributed by atoms with Crippen molar-refractivity contribution in [2.45, 2.75) is 26.6 Å². The fraction of sp³-hybridized carbons (Fsp3) is 0.500. The van der Waals surface area contributed by atoms with Gasteiger partial charge >= 0.3 is 0 Å². The molecule has 0 aliphatic rings. The molecule has 0 aliphatic carbocycles. The Labute approximate surface area is 97.4 Å². The van der Waals surface area contributed by atoms with Gasteiger partial charge in [-0.2, -0.15) is 0 Å². The van der Waals surface area contributed by atoms with Crippen LogP contribution in [-0.4, -0.2) is 21.8 Å². The van der Waals surface area contributed by atoms with Crippen LogP contribution in [0.4, 0.5) is 4.39 Å². The Kier molecular flexibility index (Phi) is 3.96. The van der Waals surface area contributed by atoms with E-state index < -0.39 is 8.07 Å². The Hall–Kier alpha value is -1.03. The van der Waals surface area contributed by atoms with Crippen LogP contribution in [0.15, 0.2) is 12.1 Å². The largest absolute Gasteiger partial charge is 0.494 e. The summed E-state index contributed by atoms with van der Waals surface area (Å²) in [6.45, 7) is 8.72. The van der Waals surface area contributed by atoms with Crippen molar-refractivity contribution in [3.8, 4) is 11.5 Å². The van der Waals surface area contributed by atoms with Crippen molar-refractivity contribution in [3.63, 3.8) is 0 Å². The molecule has 0 fully saturated rings. The molecule has 0 heterocycles. The minimum atomic E-state index is -1.79. The molecule has 0 bridgehead atoms. The van der Waals surface area contributed by atoms with Gasteiger partial charge < -0.3 is 9.47 Å². The van der Waals surface area contributed by atoms with Gasteiger partial charge in [0.1, 0.15) is 5.75 Å². The van der Waals surface area contributed by atoms with E-state index in [4.69, 9.17) is 9.47 Å². The summed E-state index contributed by atoms with van der Waals surface area (Å²) in [6, 6.07) is 3.41. The second kappa shape index (κ2) is 4.87. The normalized spacial score (nSPS) is 11.4. The van der Waals surface area contributed by atoms with Gasteiger partial charge in [0.25, 0.3) is 0 Å². The molecule has 0 spiro atoms. The third-order valence-electron chi connectivity index (χ3n) is 2.34. The molecule has 90 valence electrons. The van der Waals surface area contributed by atoms with Crippen molar-refractivity contribution < 1.29 is 13.9 Å². The van der Waals surface area contributed by atoms with Crippen molar-refractivity contribution >= 4 is 13.3 Å². The molecule has 0 radical (unpaired) electrons. The van der Waals surface area contributed by atoms with Crippen LogP contribution < -0.4 is 14.7 Å². The van der Waals surface area contributed by atoms with Crippen molar-refractivity contribution in [2.75, 3.05) is 13.7 Å². The monoisotopic (exact) mass is 242 g/mol. The van der Waals surface area contributed by atoms with E-state index in [2.05, 4.69) is 19.6 Å². The van der Waals surface area contributed by atoms with Gasteiger partial charge in [-0.05, 0) is 19.1 Å². The lowest BCUT2D eigenvalue weighted by molar-refractivity contribution is 0.337. The fourth-order valence-corrected chi connectivity index (χ4v) is 3.35. The van der Waals surface area contributed by atoms with Crippen molar-refractivity contribution in [1.82, 2.24) is 0 Å². The van der Waals surface area contributed by atoms with Crippen LogP contribution >= 0.6 is 0 Å². The first-order valence-electron chi connectivity index (χ1n) is 5.41. The summed E-state index contributed by atoms with van der Waals surface area (Å²) in [4.78, 5) is 0. The molecule has 0 aromatic heterocycles. The molecule has 0 N–H and O–H groups in total. The van der Waals surface area contributed by atoms with Gasteiger partial charge in [0, 0.05) is 5.19 Å². The zero-order valence-corrected chi connectivity index (χ0v) is 11.6. The van der Waals surface area contributed by atoms with E-state index in [9.17, 15) is 4.39 Å². The minimum absolute atomic E-state index is 0.271. The highest BCUT2D eigenvalue weighted by molar-refractivity contribution is 6.89. The van der Waals surface area contributed by atoms with Gasteiger partial charge in [-0.3, -0.25) is 0 Å². The van der Waals surface area contributed by atoms with E-state index in [1.54, 1.807) is 12.1 Å². The van der Waals surface area contributed by atoms with Crippen molar-refractivity contribution in [1.29, 1.82) is 0 Å². The third-order valence-corrected chi connectivity index (χ3v) is 4.30. The second-order valence-corrected chi connectivity index (χ2v) is 9.64. The predicted octanol–water partition coefficient (Wildman–Crippen LogP) is 2.78. The Morgan fingerprint density at radius 2 is 1.75 bits per heavy atom. The molecule has 0 saturated heterocycles. The van der Waals surface area contributed by atoms with E-state index in [0.717, 1.165) is 0 Å². The molecular formula is C12H19FO2Si. The molecule has 1 aromatic carbocycles. The molecule has 0 unspecified atom stereocenters. The summed E-state index contributed by atoms with van der Waals surface area (Å²) < 4.78 is 24.7. The average molecular weight is 242 g/mol. The SMILES string of the molecule is CCOc1ccc(OC)c(F)c1[Si](C)(C)C. The zero-order chi connectivity index (χ0) is 12.3. The fourth-order valence-electron chi connectivity index (χ4n) is 1.67. The van der Waals surface area contributed by atoms with Gasteiger partial charge in [-0.1, -0.05) is 19.6 Å². The highest BCUT2D eigenvalue weighted by Crippen LogP contribution is 2.24. The van der Waals surface area contributed by atoms with Crippen LogP contribution in [0.5, 0.6) is 11.5 Å². The third kappa shape index (κ3) is 2.55. The van der Waals surface area contributed by atoms with Gasteiger partial charge in [0.2, 0.25) is 0 Å². The van der Waals surface area contributed by atoms with Gasteiger partial charge in [0.05, 0.1) is 21.8 Å². The smallest absolute Gasteiger partial charge is 0.167 e. The van der Waals surface area contributed by atoms with E-state index in [0.29, 0.717) is 23.3 Å². The molecule has 0 saturated carbocycles. The van der Waals surface area contributed by atoms with E-state index in [1.807, 2.05) is 6.92 Å². The van der Waals surface area contributed by atoms with Crippen molar-refractivity contribution in [3.05, 3.63) is 17.9 Å². The molecule has 1 aromatic rings.